The minimum atomic E-state index is 0.150. The van der Waals surface area contributed by atoms with E-state index in [1.807, 2.05) is 6.07 Å². The van der Waals surface area contributed by atoms with E-state index in [0.717, 1.165) is 25.9 Å². The smallest absolute Gasteiger partial charge is 0.234 e. The quantitative estimate of drug-likeness (QED) is 0.887. The average Bonchev–Trinajstić information content (AvgIpc) is 2.50. The van der Waals surface area contributed by atoms with Gasteiger partial charge in [0, 0.05) is 25.2 Å². The zero-order valence-corrected chi connectivity index (χ0v) is 13.2. The number of hydrogen-bond donors (Lipinski definition) is 2. The molecule has 1 saturated carbocycles. The molecule has 120 valence electrons. The maximum absolute atomic E-state index is 12.0. The van der Waals surface area contributed by atoms with Crippen LogP contribution in [0.5, 0.6) is 0 Å². The van der Waals surface area contributed by atoms with Crippen molar-refractivity contribution in [3.05, 3.63) is 35.9 Å². The van der Waals surface area contributed by atoms with Crippen molar-refractivity contribution in [3.8, 4) is 0 Å². The number of hydrogen-bond acceptors (Lipinski definition) is 3. The van der Waals surface area contributed by atoms with Crippen LogP contribution >= 0.6 is 0 Å². The normalized spacial score (nSPS) is 30.0. The van der Waals surface area contributed by atoms with Gasteiger partial charge in [-0.3, -0.25) is 9.69 Å². The van der Waals surface area contributed by atoms with E-state index in [1.54, 1.807) is 0 Å². The zero-order chi connectivity index (χ0) is 15.4. The second kappa shape index (κ2) is 7.25. The van der Waals surface area contributed by atoms with E-state index in [1.165, 1.54) is 24.8 Å². The number of nitrogens with two attached hydrogens (primary N) is 1. The zero-order valence-electron chi connectivity index (χ0n) is 13.2. The summed E-state index contributed by atoms with van der Waals surface area (Å²) in [4.78, 5) is 14.3. The van der Waals surface area contributed by atoms with Crippen LogP contribution in [0.2, 0.25) is 0 Å². The monoisotopic (exact) mass is 301 g/mol. The molecule has 1 heterocycles. The van der Waals surface area contributed by atoms with E-state index >= 15 is 0 Å². The molecule has 3 N–H and O–H groups in total. The van der Waals surface area contributed by atoms with Crippen molar-refractivity contribution < 1.29 is 4.79 Å². The minimum absolute atomic E-state index is 0.150. The molecule has 1 aliphatic heterocycles. The van der Waals surface area contributed by atoms with Gasteiger partial charge in [0.1, 0.15) is 0 Å². The van der Waals surface area contributed by atoms with Gasteiger partial charge in [0.05, 0.1) is 6.54 Å². The summed E-state index contributed by atoms with van der Waals surface area (Å²) in [6, 6.07) is 10.9. The Morgan fingerprint density at radius 2 is 1.95 bits per heavy atom. The Morgan fingerprint density at radius 1 is 1.18 bits per heavy atom. The molecule has 0 radical (unpaired) electrons. The summed E-state index contributed by atoms with van der Waals surface area (Å²) in [5.74, 6) is 0.702. The van der Waals surface area contributed by atoms with E-state index < -0.39 is 0 Å². The van der Waals surface area contributed by atoms with Gasteiger partial charge >= 0.3 is 0 Å². The van der Waals surface area contributed by atoms with Crippen molar-refractivity contribution in [2.24, 2.45) is 11.7 Å². The molecule has 4 heteroatoms. The number of benzene rings is 1. The standard InChI is InChI=1S/C18H27N3O/c19-17-9-5-4-8-15(17)11-21-12-16(20-18(22)13-21)10-14-6-2-1-3-7-14/h1-3,6-7,15-17H,4-5,8-13,19H2,(H,20,22). The highest BCUT2D eigenvalue weighted by molar-refractivity contribution is 5.79. The highest BCUT2D eigenvalue weighted by Crippen LogP contribution is 2.24. The first kappa shape index (κ1) is 15.5. The Labute approximate surface area is 133 Å². The van der Waals surface area contributed by atoms with Crippen LogP contribution in [0.15, 0.2) is 30.3 Å². The summed E-state index contributed by atoms with van der Waals surface area (Å²) in [6.07, 6.45) is 5.79. The fourth-order valence-corrected chi connectivity index (χ4v) is 3.85. The fraction of sp³-hybridized carbons (Fsp3) is 0.611. The van der Waals surface area contributed by atoms with Gasteiger partial charge in [-0.15, -0.1) is 0 Å². The number of rotatable bonds is 4. The topological polar surface area (TPSA) is 58.4 Å². The molecule has 22 heavy (non-hydrogen) atoms. The molecule has 1 aliphatic carbocycles. The first-order valence-corrected chi connectivity index (χ1v) is 8.52. The van der Waals surface area contributed by atoms with E-state index in [-0.39, 0.29) is 11.9 Å². The molecule has 2 aliphatic rings. The maximum Gasteiger partial charge on any atom is 0.234 e. The Balaban J connectivity index is 1.57. The second-order valence-electron chi connectivity index (χ2n) is 6.86. The van der Waals surface area contributed by atoms with Crippen LogP contribution in [0, 0.1) is 5.92 Å². The highest BCUT2D eigenvalue weighted by atomic mass is 16.2. The molecule has 1 aromatic rings. The molecule has 0 bridgehead atoms. The number of nitrogens with one attached hydrogen (secondary N) is 1. The highest BCUT2D eigenvalue weighted by Gasteiger charge is 2.29. The van der Waals surface area contributed by atoms with Gasteiger partial charge in [-0.05, 0) is 30.7 Å². The second-order valence-corrected chi connectivity index (χ2v) is 6.86. The van der Waals surface area contributed by atoms with Crippen LogP contribution in [0.4, 0.5) is 0 Å². The van der Waals surface area contributed by atoms with Crippen LogP contribution < -0.4 is 11.1 Å². The van der Waals surface area contributed by atoms with Gasteiger partial charge in [0.2, 0.25) is 5.91 Å². The third-order valence-electron chi connectivity index (χ3n) is 5.00. The van der Waals surface area contributed by atoms with Gasteiger partial charge in [-0.2, -0.15) is 0 Å². The molecule has 2 fully saturated rings. The first-order valence-electron chi connectivity index (χ1n) is 8.52. The fourth-order valence-electron chi connectivity index (χ4n) is 3.85. The van der Waals surface area contributed by atoms with Crippen LogP contribution in [0.3, 0.4) is 0 Å². The van der Waals surface area contributed by atoms with E-state index in [0.29, 0.717) is 18.5 Å². The number of amides is 1. The molecular weight excluding hydrogens is 274 g/mol. The average molecular weight is 301 g/mol. The number of carbonyl (C=O) groups excluding carboxylic acids is 1. The Bertz CT molecular complexity index is 490. The molecule has 1 saturated heterocycles. The maximum atomic E-state index is 12.0. The van der Waals surface area contributed by atoms with Crippen LogP contribution in [0.1, 0.15) is 31.2 Å². The molecule has 0 aromatic heterocycles. The van der Waals surface area contributed by atoms with E-state index in [4.69, 9.17) is 5.73 Å². The van der Waals surface area contributed by atoms with Crippen LogP contribution in [0.25, 0.3) is 0 Å². The molecule has 0 spiro atoms. The summed E-state index contributed by atoms with van der Waals surface area (Å²) in [5.41, 5.74) is 7.54. The predicted molar refractivity (Wildman–Crippen MR) is 88.5 cm³/mol. The summed E-state index contributed by atoms with van der Waals surface area (Å²) >= 11 is 0. The van der Waals surface area contributed by atoms with E-state index in [2.05, 4.69) is 34.5 Å². The minimum Gasteiger partial charge on any atom is -0.351 e. The largest absolute Gasteiger partial charge is 0.351 e. The van der Waals surface area contributed by atoms with Gasteiger partial charge in [-0.25, -0.2) is 0 Å². The molecule has 1 amide bonds. The molecule has 3 unspecified atom stereocenters. The Hall–Kier alpha value is -1.39. The molecule has 1 aromatic carbocycles. The number of nitrogens with zero attached hydrogens (tertiary/aromatic N) is 1. The van der Waals surface area contributed by atoms with Crippen LogP contribution in [-0.4, -0.2) is 42.5 Å². The van der Waals surface area contributed by atoms with Gasteiger partial charge in [0.15, 0.2) is 0 Å². The van der Waals surface area contributed by atoms with Gasteiger partial charge in [-0.1, -0.05) is 43.2 Å². The first-order chi connectivity index (χ1) is 10.7. The lowest BCUT2D eigenvalue weighted by atomic mass is 9.84. The lowest BCUT2D eigenvalue weighted by Crippen LogP contribution is -2.56. The van der Waals surface area contributed by atoms with Crippen molar-refractivity contribution in [1.29, 1.82) is 0 Å². The molecule has 3 atom stereocenters. The SMILES string of the molecule is NC1CCCCC1CN1CC(=O)NC(Cc2ccccc2)C1. The van der Waals surface area contributed by atoms with Crippen molar-refractivity contribution in [2.45, 2.75) is 44.2 Å². The Kier molecular flexibility index (Phi) is 5.11. The molecule has 4 nitrogen and oxygen atoms in total. The molecular formula is C18H27N3O. The lowest BCUT2D eigenvalue weighted by molar-refractivity contribution is -0.125. The third kappa shape index (κ3) is 4.08. The van der Waals surface area contributed by atoms with Crippen molar-refractivity contribution >= 4 is 5.91 Å². The predicted octanol–water partition coefficient (Wildman–Crippen LogP) is 1.55. The number of piperazine rings is 1. The van der Waals surface area contributed by atoms with Gasteiger partial charge in [0.25, 0.3) is 0 Å². The van der Waals surface area contributed by atoms with Crippen molar-refractivity contribution in [3.63, 3.8) is 0 Å². The number of carbonyl (C=O) groups is 1. The summed E-state index contributed by atoms with van der Waals surface area (Å²) in [6.45, 7) is 2.43. The van der Waals surface area contributed by atoms with Crippen LogP contribution in [-0.2, 0) is 11.2 Å². The van der Waals surface area contributed by atoms with E-state index in [9.17, 15) is 4.79 Å². The summed E-state index contributed by atoms with van der Waals surface area (Å²) in [5, 5.41) is 3.13. The lowest BCUT2D eigenvalue weighted by Gasteiger charge is -2.38. The summed E-state index contributed by atoms with van der Waals surface area (Å²) < 4.78 is 0. The van der Waals surface area contributed by atoms with Crippen molar-refractivity contribution in [1.82, 2.24) is 10.2 Å². The van der Waals surface area contributed by atoms with Gasteiger partial charge < -0.3 is 11.1 Å². The summed E-state index contributed by atoms with van der Waals surface area (Å²) in [7, 11) is 0. The third-order valence-corrected chi connectivity index (χ3v) is 5.00. The van der Waals surface area contributed by atoms with Crippen molar-refractivity contribution in [2.75, 3.05) is 19.6 Å². The Morgan fingerprint density at radius 3 is 2.73 bits per heavy atom. The molecule has 3 rings (SSSR count).